The molecule has 3 N–H and O–H groups in total. The molecule has 1 unspecified atom stereocenters. The van der Waals surface area contributed by atoms with Crippen LogP contribution in [-0.2, 0) is 14.4 Å². The number of aliphatic hydroxyl groups excluding tert-OH is 1. The summed E-state index contributed by atoms with van der Waals surface area (Å²) in [6.45, 7) is 0. The molecule has 1 aromatic carbocycles. The van der Waals surface area contributed by atoms with Crippen LogP contribution >= 0.6 is 0 Å². The van der Waals surface area contributed by atoms with Gasteiger partial charge in [0, 0.05) is 6.42 Å². The fraction of sp³-hybridized carbons (Fsp3) is 0.333. The molecule has 0 bridgehead atoms. The van der Waals surface area contributed by atoms with E-state index < -0.39 is 18.0 Å². The highest BCUT2D eigenvalue weighted by atomic mass is 16.7. The molecule has 0 radical (unpaired) electrons. The number of aliphatic carboxylic acids is 1. The van der Waals surface area contributed by atoms with Gasteiger partial charge in [0.2, 0.25) is 0 Å². The van der Waals surface area contributed by atoms with Gasteiger partial charge in [-0.1, -0.05) is 18.2 Å². The van der Waals surface area contributed by atoms with Crippen LogP contribution in [0, 0.1) is 0 Å². The molecule has 6 nitrogen and oxygen atoms in total. The van der Waals surface area contributed by atoms with Crippen molar-refractivity contribution in [2.75, 3.05) is 5.48 Å². The van der Waals surface area contributed by atoms with E-state index in [1.54, 1.807) is 24.3 Å². The van der Waals surface area contributed by atoms with Crippen molar-refractivity contribution >= 4 is 17.6 Å². The molecule has 1 atom stereocenters. The average Bonchev–Trinajstić information content (AvgIpc) is 2.35. The highest BCUT2D eigenvalue weighted by Gasteiger charge is 2.13. The van der Waals surface area contributed by atoms with Gasteiger partial charge in [-0.3, -0.25) is 4.79 Å². The lowest BCUT2D eigenvalue weighted by Gasteiger charge is -2.09. The quantitative estimate of drug-likeness (QED) is 0.631. The second kappa shape index (κ2) is 7.29. The van der Waals surface area contributed by atoms with Crippen LogP contribution in [0.4, 0.5) is 5.69 Å². The fourth-order valence-electron chi connectivity index (χ4n) is 1.25. The van der Waals surface area contributed by atoms with Crippen LogP contribution < -0.4 is 5.48 Å². The molecule has 0 saturated carbocycles. The van der Waals surface area contributed by atoms with Gasteiger partial charge in [0.15, 0.2) is 0 Å². The summed E-state index contributed by atoms with van der Waals surface area (Å²) in [5.74, 6) is -1.65. The summed E-state index contributed by atoms with van der Waals surface area (Å²) in [5, 5.41) is 17.8. The molecule has 98 valence electrons. The van der Waals surface area contributed by atoms with Crippen molar-refractivity contribution in [3.05, 3.63) is 30.3 Å². The molecule has 0 aromatic heterocycles. The average molecular weight is 253 g/mol. The normalized spacial score (nSPS) is 11.6. The lowest BCUT2D eigenvalue weighted by molar-refractivity contribution is -0.144. The molecule has 0 heterocycles. The molecule has 18 heavy (non-hydrogen) atoms. The van der Waals surface area contributed by atoms with Crippen LogP contribution in [0.25, 0.3) is 0 Å². The Kier molecular flexibility index (Phi) is 5.66. The van der Waals surface area contributed by atoms with Gasteiger partial charge in [-0.2, -0.15) is 0 Å². The first-order valence-corrected chi connectivity index (χ1v) is 5.48. The number of carbonyl (C=O) groups is 2. The summed E-state index contributed by atoms with van der Waals surface area (Å²) in [6.07, 6.45) is -1.41. The maximum absolute atomic E-state index is 11.3. The Bertz CT molecular complexity index is 393. The third kappa shape index (κ3) is 5.86. The predicted octanol–water partition coefficient (Wildman–Crippen LogP) is 1.17. The zero-order valence-electron chi connectivity index (χ0n) is 9.70. The van der Waals surface area contributed by atoms with E-state index in [0.29, 0.717) is 5.69 Å². The number of carbonyl (C=O) groups excluding carboxylic acids is 1. The number of anilines is 1. The molecule has 0 aliphatic rings. The first-order valence-electron chi connectivity index (χ1n) is 5.48. The fourth-order valence-corrected chi connectivity index (χ4v) is 1.25. The molecule has 0 aliphatic heterocycles. The minimum Gasteiger partial charge on any atom is -0.481 e. The molecule has 1 rings (SSSR count). The second-order valence-corrected chi connectivity index (χ2v) is 3.73. The smallest absolute Gasteiger partial charge is 0.334 e. The minimum absolute atomic E-state index is 0.0236. The first kappa shape index (κ1) is 14.0. The van der Waals surface area contributed by atoms with Gasteiger partial charge in [0.1, 0.15) is 0 Å². The summed E-state index contributed by atoms with van der Waals surface area (Å²) in [7, 11) is 0. The van der Waals surface area contributed by atoms with E-state index in [1.807, 2.05) is 6.07 Å². The monoisotopic (exact) mass is 253 g/mol. The van der Waals surface area contributed by atoms with Crippen molar-refractivity contribution < 1.29 is 24.6 Å². The largest absolute Gasteiger partial charge is 0.481 e. The summed E-state index contributed by atoms with van der Waals surface area (Å²) >= 11 is 0. The Morgan fingerprint density at radius 2 is 1.94 bits per heavy atom. The number of hydrogen-bond acceptors (Lipinski definition) is 5. The van der Waals surface area contributed by atoms with Crippen LogP contribution in [0.5, 0.6) is 0 Å². The summed E-state index contributed by atoms with van der Waals surface area (Å²) in [6, 6.07) is 8.81. The predicted molar refractivity (Wildman–Crippen MR) is 63.7 cm³/mol. The van der Waals surface area contributed by atoms with Gasteiger partial charge in [0.25, 0.3) is 0 Å². The van der Waals surface area contributed by atoms with E-state index in [0.717, 1.165) is 0 Å². The van der Waals surface area contributed by atoms with E-state index in [1.165, 1.54) is 0 Å². The molecule has 0 spiro atoms. The van der Waals surface area contributed by atoms with E-state index in [4.69, 9.17) is 9.94 Å². The molecule has 1 aromatic rings. The van der Waals surface area contributed by atoms with E-state index in [9.17, 15) is 14.7 Å². The van der Waals surface area contributed by atoms with Crippen LogP contribution in [0.2, 0.25) is 0 Å². The third-order valence-corrected chi connectivity index (χ3v) is 2.15. The Labute approximate surface area is 104 Å². The highest BCUT2D eigenvalue weighted by Crippen LogP contribution is 2.07. The summed E-state index contributed by atoms with van der Waals surface area (Å²) < 4.78 is 0. The lowest BCUT2D eigenvalue weighted by Crippen LogP contribution is -2.19. The molecule has 0 saturated heterocycles. The molecule has 0 fully saturated rings. The number of aliphatic hydroxyl groups is 1. The summed E-state index contributed by atoms with van der Waals surface area (Å²) in [5.41, 5.74) is 3.05. The number of para-hydroxylation sites is 1. The number of rotatable bonds is 7. The van der Waals surface area contributed by atoms with Gasteiger partial charge < -0.3 is 15.1 Å². The van der Waals surface area contributed by atoms with Crippen molar-refractivity contribution in [2.45, 2.75) is 25.4 Å². The van der Waals surface area contributed by atoms with Gasteiger partial charge in [-0.15, -0.1) is 0 Å². The molecule has 0 amide bonds. The van der Waals surface area contributed by atoms with Gasteiger partial charge in [0.05, 0.1) is 18.2 Å². The molecular formula is C12H15NO5. The number of hydrogen-bond donors (Lipinski definition) is 3. The van der Waals surface area contributed by atoms with Crippen molar-refractivity contribution in [1.29, 1.82) is 0 Å². The Balaban J connectivity index is 2.23. The van der Waals surface area contributed by atoms with E-state index in [-0.39, 0.29) is 19.3 Å². The zero-order valence-corrected chi connectivity index (χ0v) is 9.70. The lowest BCUT2D eigenvalue weighted by atomic mass is 10.1. The van der Waals surface area contributed by atoms with Crippen molar-refractivity contribution in [2.24, 2.45) is 0 Å². The van der Waals surface area contributed by atoms with Gasteiger partial charge >= 0.3 is 11.9 Å². The molecular weight excluding hydrogens is 238 g/mol. The van der Waals surface area contributed by atoms with Crippen LogP contribution in [0.1, 0.15) is 19.3 Å². The maximum atomic E-state index is 11.3. The Hall–Kier alpha value is -2.08. The second-order valence-electron chi connectivity index (χ2n) is 3.73. The number of nitrogens with one attached hydrogen (secondary N) is 1. The van der Waals surface area contributed by atoms with E-state index in [2.05, 4.69) is 5.48 Å². The molecule has 0 aliphatic carbocycles. The highest BCUT2D eigenvalue weighted by molar-refractivity contribution is 5.71. The maximum Gasteiger partial charge on any atom is 0.334 e. The van der Waals surface area contributed by atoms with Gasteiger partial charge in [-0.05, 0) is 18.6 Å². The zero-order chi connectivity index (χ0) is 13.4. The van der Waals surface area contributed by atoms with Crippen LogP contribution in [0.3, 0.4) is 0 Å². The minimum atomic E-state index is -1.01. The number of carboxylic acid groups (broad SMARTS) is 1. The van der Waals surface area contributed by atoms with Crippen molar-refractivity contribution in [3.63, 3.8) is 0 Å². The number of benzene rings is 1. The molecule has 6 heteroatoms. The van der Waals surface area contributed by atoms with E-state index >= 15 is 0 Å². The summed E-state index contributed by atoms with van der Waals surface area (Å²) in [4.78, 5) is 26.2. The standard InChI is InChI=1S/C12H15NO5/c14-10(6-7-11(15)16)8-12(17)18-13-9-4-2-1-3-5-9/h1-5,10,13-14H,6-8H2,(H,15,16). The number of carboxylic acids is 1. The van der Waals surface area contributed by atoms with Crippen LogP contribution in [0.15, 0.2) is 30.3 Å². The third-order valence-electron chi connectivity index (χ3n) is 2.15. The first-order chi connectivity index (χ1) is 8.58. The Morgan fingerprint density at radius 1 is 1.28 bits per heavy atom. The van der Waals surface area contributed by atoms with Gasteiger partial charge in [-0.25, -0.2) is 10.3 Å². The Morgan fingerprint density at radius 3 is 2.56 bits per heavy atom. The van der Waals surface area contributed by atoms with Crippen molar-refractivity contribution in [1.82, 2.24) is 0 Å². The van der Waals surface area contributed by atoms with Crippen LogP contribution in [-0.4, -0.2) is 28.3 Å². The van der Waals surface area contributed by atoms with Crippen molar-refractivity contribution in [3.8, 4) is 0 Å². The SMILES string of the molecule is O=C(O)CCC(O)CC(=O)ONc1ccccc1. The topological polar surface area (TPSA) is 95.9 Å².